The molecule has 1 aromatic rings. The van der Waals surface area contributed by atoms with Crippen molar-refractivity contribution in [1.29, 1.82) is 0 Å². The van der Waals surface area contributed by atoms with Gasteiger partial charge in [0.05, 0.1) is 26.1 Å². The Morgan fingerprint density at radius 2 is 1.93 bits per heavy atom. The number of aromatic carboxylic acids is 1. The van der Waals surface area contributed by atoms with Crippen LogP contribution in [0.1, 0.15) is 28.8 Å². The van der Waals surface area contributed by atoms with Gasteiger partial charge in [-0.25, -0.2) is 4.79 Å². The molecule has 2 aliphatic rings. The second-order valence-electron chi connectivity index (χ2n) is 7.05. The van der Waals surface area contributed by atoms with Gasteiger partial charge in [-0.2, -0.15) is 0 Å². The topological polar surface area (TPSA) is 163 Å². The van der Waals surface area contributed by atoms with Crippen molar-refractivity contribution in [3.63, 3.8) is 0 Å². The zero-order chi connectivity index (χ0) is 21.8. The molecule has 12 heteroatoms. The first-order valence-corrected chi connectivity index (χ1v) is 9.41. The Morgan fingerprint density at radius 1 is 1.20 bits per heavy atom. The fourth-order valence-corrected chi connectivity index (χ4v) is 3.20. The van der Waals surface area contributed by atoms with Crippen molar-refractivity contribution in [2.24, 2.45) is 0 Å². The SMILES string of the molecule is O=C(O)CCC(=O)NCC(=O)N1CC(Oc2ccc3c(c2C(=O)O)OB(O)CC3)C1. The molecule has 2 aliphatic heterocycles. The Hall–Kier alpha value is -3.28. The third-order valence-corrected chi connectivity index (χ3v) is 4.83. The lowest BCUT2D eigenvalue weighted by Crippen LogP contribution is -2.58. The number of carbonyl (C=O) groups is 4. The number of carboxylic acid groups (broad SMARTS) is 2. The molecule has 2 heterocycles. The number of nitrogens with one attached hydrogen (secondary N) is 1. The first-order chi connectivity index (χ1) is 14.2. The van der Waals surface area contributed by atoms with Gasteiger partial charge in [-0.15, -0.1) is 0 Å². The maximum absolute atomic E-state index is 12.1. The van der Waals surface area contributed by atoms with Crippen molar-refractivity contribution in [3.8, 4) is 11.5 Å². The van der Waals surface area contributed by atoms with Gasteiger partial charge in [0.1, 0.15) is 23.2 Å². The molecule has 0 atom stereocenters. The van der Waals surface area contributed by atoms with Gasteiger partial charge in [0.25, 0.3) is 0 Å². The fourth-order valence-electron chi connectivity index (χ4n) is 3.20. The number of rotatable bonds is 8. The second kappa shape index (κ2) is 9.03. The van der Waals surface area contributed by atoms with Crippen LogP contribution in [0.15, 0.2) is 12.1 Å². The summed E-state index contributed by atoms with van der Waals surface area (Å²) >= 11 is 0. The molecule has 3 rings (SSSR count). The van der Waals surface area contributed by atoms with E-state index < -0.39 is 31.1 Å². The third kappa shape index (κ3) is 5.01. The van der Waals surface area contributed by atoms with Crippen LogP contribution in [0.3, 0.4) is 0 Å². The molecule has 1 aromatic carbocycles. The Kier molecular flexibility index (Phi) is 6.45. The highest BCUT2D eigenvalue weighted by Crippen LogP contribution is 2.37. The lowest BCUT2D eigenvalue weighted by atomic mass is 9.78. The first kappa shape index (κ1) is 21.4. The highest BCUT2D eigenvalue weighted by molar-refractivity contribution is 6.44. The van der Waals surface area contributed by atoms with E-state index in [0.717, 1.165) is 0 Å². The van der Waals surface area contributed by atoms with Gasteiger partial charge in [0, 0.05) is 6.42 Å². The van der Waals surface area contributed by atoms with E-state index in [1.54, 1.807) is 6.07 Å². The Balaban J connectivity index is 1.53. The van der Waals surface area contributed by atoms with E-state index in [2.05, 4.69) is 5.32 Å². The number of hydrogen-bond donors (Lipinski definition) is 4. The smallest absolute Gasteiger partial charge is 0.522 e. The summed E-state index contributed by atoms with van der Waals surface area (Å²) in [6.07, 6.45) is -0.0878. The lowest BCUT2D eigenvalue weighted by Gasteiger charge is -2.39. The average molecular weight is 420 g/mol. The summed E-state index contributed by atoms with van der Waals surface area (Å²) in [5.74, 6) is -3.03. The van der Waals surface area contributed by atoms with Crippen molar-refractivity contribution in [2.75, 3.05) is 19.6 Å². The van der Waals surface area contributed by atoms with Gasteiger partial charge in [0.2, 0.25) is 11.8 Å². The van der Waals surface area contributed by atoms with Crippen LogP contribution in [-0.2, 0) is 20.8 Å². The number of carbonyl (C=O) groups excluding carboxylic acids is 2. The summed E-state index contributed by atoms with van der Waals surface area (Å²) in [6, 6.07) is 3.23. The summed E-state index contributed by atoms with van der Waals surface area (Å²) in [7, 11) is -1.08. The number of ether oxygens (including phenoxy) is 1. The summed E-state index contributed by atoms with van der Waals surface area (Å²) in [6.45, 7) is 0.170. The highest BCUT2D eigenvalue weighted by Gasteiger charge is 2.35. The van der Waals surface area contributed by atoms with Gasteiger partial charge >= 0.3 is 19.1 Å². The van der Waals surface area contributed by atoms with Gasteiger partial charge in [-0.05, 0) is 24.4 Å². The molecule has 0 radical (unpaired) electrons. The molecule has 1 saturated heterocycles. The van der Waals surface area contributed by atoms with Crippen molar-refractivity contribution in [3.05, 3.63) is 23.3 Å². The van der Waals surface area contributed by atoms with Crippen molar-refractivity contribution in [1.82, 2.24) is 10.2 Å². The minimum absolute atomic E-state index is 0.0921. The second-order valence-corrected chi connectivity index (χ2v) is 7.05. The van der Waals surface area contributed by atoms with E-state index in [0.29, 0.717) is 18.3 Å². The van der Waals surface area contributed by atoms with E-state index >= 15 is 0 Å². The number of carboxylic acids is 2. The van der Waals surface area contributed by atoms with Crippen LogP contribution in [0.4, 0.5) is 0 Å². The zero-order valence-electron chi connectivity index (χ0n) is 16.0. The van der Waals surface area contributed by atoms with Crippen molar-refractivity contribution in [2.45, 2.75) is 31.7 Å². The monoisotopic (exact) mass is 420 g/mol. The minimum Gasteiger partial charge on any atom is -0.535 e. The largest absolute Gasteiger partial charge is 0.535 e. The Bertz CT molecular complexity index is 869. The number of aryl methyl sites for hydroxylation is 1. The van der Waals surface area contributed by atoms with Crippen LogP contribution in [0.2, 0.25) is 6.32 Å². The summed E-state index contributed by atoms with van der Waals surface area (Å²) in [5, 5.41) is 30.1. The van der Waals surface area contributed by atoms with Gasteiger partial charge in [-0.1, -0.05) is 6.07 Å². The van der Waals surface area contributed by atoms with Gasteiger partial charge in [0.15, 0.2) is 0 Å². The molecule has 4 N–H and O–H groups in total. The summed E-state index contributed by atoms with van der Waals surface area (Å²) in [4.78, 5) is 47.1. The van der Waals surface area contributed by atoms with Crippen LogP contribution in [0.5, 0.6) is 11.5 Å². The summed E-state index contributed by atoms with van der Waals surface area (Å²) in [5.41, 5.74) is 0.510. The molecule has 160 valence electrons. The summed E-state index contributed by atoms with van der Waals surface area (Å²) < 4.78 is 11.0. The molecule has 0 spiro atoms. The molecule has 0 aromatic heterocycles. The predicted molar refractivity (Wildman–Crippen MR) is 101 cm³/mol. The number of likely N-dealkylation sites (tertiary alicyclic amines) is 1. The van der Waals surface area contributed by atoms with Crippen LogP contribution >= 0.6 is 0 Å². The molecule has 0 saturated carbocycles. The molecule has 1 fully saturated rings. The Labute approximate surface area is 171 Å². The van der Waals surface area contributed by atoms with Crippen LogP contribution < -0.4 is 14.7 Å². The fraction of sp³-hybridized carbons (Fsp3) is 0.444. The number of nitrogens with zero attached hydrogens (tertiary/aromatic N) is 1. The molecule has 30 heavy (non-hydrogen) atoms. The lowest BCUT2D eigenvalue weighted by molar-refractivity contribution is -0.141. The predicted octanol–water partition coefficient (Wildman–Crippen LogP) is -0.629. The number of benzene rings is 1. The molecule has 0 unspecified atom stereocenters. The molecule has 2 amide bonds. The molecule has 0 aliphatic carbocycles. The standard InChI is InChI=1S/C18H21BN2O9/c22-13(3-4-15(24)25)20-7-14(23)21-8-11(9-21)29-12-2-1-10-5-6-19(28)30-17(10)16(12)18(26)27/h1-2,11,28H,3-9H2,(H,20,22)(H,24,25)(H,26,27). The van der Waals surface area contributed by atoms with Gasteiger partial charge in [-0.3, -0.25) is 14.4 Å². The molecular weight excluding hydrogens is 399 g/mol. The molecule has 0 bridgehead atoms. The zero-order valence-corrected chi connectivity index (χ0v) is 16.0. The van der Waals surface area contributed by atoms with Crippen LogP contribution in [-0.4, -0.2) is 76.7 Å². The van der Waals surface area contributed by atoms with Gasteiger partial charge < -0.3 is 34.8 Å². The van der Waals surface area contributed by atoms with Crippen molar-refractivity contribution < 1.29 is 43.8 Å². The van der Waals surface area contributed by atoms with Crippen LogP contribution in [0, 0.1) is 0 Å². The number of aliphatic carboxylic acids is 1. The number of hydrogen-bond acceptors (Lipinski definition) is 7. The maximum Gasteiger partial charge on any atom is 0.522 e. The number of fused-ring (bicyclic) bond motifs is 1. The first-order valence-electron chi connectivity index (χ1n) is 9.41. The molecular formula is C18H21BN2O9. The Morgan fingerprint density at radius 3 is 2.60 bits per heavy atom. The van der Waals surface area contributed by atoms with E-state index in [-0.39, 0.29) is 55.4 Å². The molecule has 11 nitrogen and oxygen atoms in total. The van der Waals surface area contributed by atoms with E-state index in [1.165, 1.54) is 11.0 Å². The van der Waals surface area contributed by atoms with E-state index in [4.69, 9.17) is 14.5 Å². The van der Waals surface area contributed by atoms with Crippen molar-refractivity contribution >= 4 is 30.9 Å². The minimum atomic E-state index is -1.24. The highest BCUT2D eigenvalue weighted by atomic mass is 16.5. The maximum atomic E-state index is 12.1. The average Bonchev–Trinajstić information content (AvgIpc) is 2.66. The normalized spacial score (nSPS) is 15.5. The third-order valence-electron chi connectivity index (χ3n) is 4.83. The van der Waals surface area contributed by atoms with E-state index in [1.807, 2.05) is 0 Å². The van der Waals surface area contributed by atoms with Crippen LogP contribution in [0.25, 0.3) is 0 Å². The van der Waals surface area contributed by atoms with E-state index in [9.17, 15) is 29.3 Å². The quantitative estimate of drug-likeness (QED) is 0.401. The number of amides is 2.